The second-order valence-electron chi connectivity index (χ2n) is 9.23. The van der Waals surface area contributed by atoms with Crippen LogP contribution in [0.4, 0.5) is 4.39 Å². The van der Waals surface area contributed by atoms with Crippen LogP contribution >= 0.6 is 0 Å². The first-order chi connectivity index (χ1) is 17.0. The predicted octanol–water partition coefficient (Wildman–Crippen LogP) is 6.10. The van der Waals surface area contributed by atoms with Crippen molar-refractivity contribution in [2.45, 2.75) is 37.8 Å². The second kappa shape index (κ2) is 11.8. The first kappa shape index (κ1) is 24.6. The van der Waals surface area contributed by atoms with Crippen LogP contribution in [0.5, 0.6) is 0 Å². The van der Waals surface area contributed by atoms with Gasteiger partial charge < -0.3 is 10.6 Å². The van der Waals surface area contributed by atoms with Crippen molar-refractivity contribution >= 4 is 12.0 Å². The molecule has 180 valence electrons. The Kier molecular flexibility index (Phi) is 8.27. The number of rotatable bonds is 7. The number of carbonyl (C=O) groups excluding carboxylic acids is 1. The van der Waals surface area contributed by atoms with Crippen molar-refractivity contribution in [3.63, 3.8) is 0 Å². The van der Waals surface area contributed by atoms with E-state index in [0.29, 0.717) is 12.8 Å². The number of amides is 1. The number of halogens is 1. The Bertz CT molecular complexity index is 1160. The zero-order chi connectivity index (χ0) is 24.6. The van der Waals surface area contributed by atoms with E-state index in [0.717, 1.165) is 22.3 Å². The Hall–Kier alpha value is -3.50. The maximum atomic E-state index is 13.7. The van der Waals surface area contributed by atoms with Gasteiger partial charge in [0, 0.05) is 24.4 Å². The Labute approximate surface area is 207 Å². The number of benzene rings is 2. The molecule has 4 atom stereocenters. The average molecular weight is 469 g/mol. The van der Waals surface area contributed by atoms with E-state index in [9.17, 15) is 9.18 Å². The highest BCUT2D eigenvalue weighted by Gasteiger charge is 2.40. The van der Waals surface area contributed by atoms with E-state index in [4.69, 9.17) is 0 Å². The lowest BCUT2D eigenvalue weighted by molar-refractivity contribution is -0.125. The van der Waals surface area contributed by atoms with E-state index in [1.807, 2.05) is 67.8 Å². The molecule has 4 heteroatoms. The third-order valence-corrected chi connectivity index (χ3v) is 6.96. The van der Waals surface area contributed by atoms with Gasteiger partial charge in [-0.1, -0.05) is 91.1 Å². The molecule has 2 aromatic rings. The SMILES string of the molecule is CNC(C)C1C(CC(=C\c2ccccc2)/C2=C\C=C/C=C/C=C\2)NC(=O)C[C@@H]1c1ccc(F)cc1. The van der Waals surface area contributed by atoms with E-state index in [1.165, 1.54) is 12.1 Å². The summed E-state index contributed by atoms with van der Waals surface area (Å²) in [6, 6.07) is 17.0. The summed E-state index contributed by atoms with van der Waals surface area (Å²) in [6.45, 7) is 2.16. The summed E-state index contributed by atoms with van der Waals surface area (Å²) in [5.41, 5.74) is 4.40. The predicted molar refractivity (Wildman–Crippen MR) is 142 cm³/mol. The maximum Gasteiger partial charge on any atom is 0.220 e. The van der Waals surface area contributed by atoms with Crippen LogP contribution in [0, 0.1) is 11.7 Å². The molecule has 0 radical (unpaired) electrons. The van der Waals surface area contributed by atoms with Gasteiger partial charge in [-0.3, -0.25) is 4.79 Å². The Morgan fingerprint density at radius 1 is 1.06 bits per heavy atom. The fourth-order valence-corrected chi connectivity index (χ4v) is 5.13. The molecule has 1 amide bonds. The van der Waals surface area contributed by atoms with Crippen LogP contribution < -0.4 is 10.6 Å². The number of hydrogen-bond donors (Lipinski definition) is 2. The lowest BCUT2D eigenvalue weighted by atomic mass is 9.71. The maximum absolute atomic E-state index is 13.7. The molecule has 1 heterocycles. The molecule has 4 rings (SSSR count). The van der Waals surface area contributed by atoms with Gasteiger partial charge in [0.15, 0.2) is 0 Å². The quantitative estimate of drug-likeness (QED) is 0.515. The molecular weight excluding hydrogens is 435 g/mol. The minimum atomic E-state index is -0.262. The van der Waals surface area contributed by atoms with E-state index in [1.54, 1.807) is 0 Å². The van der Waals surface area contributed by atoms with Crippen LogP contribution in [-0.2, 0) is 4.79 Å². The van der Waals surface area contributed by atoms with Crippen LogP contribution in [0.25, 0.3) is 6.08 Å². The summed E-state index contributed by atoms with van der Waals surface area (Å²) in [7, 11) is 1.96. The molecule has 0 saturated carbocycles. The zero-order valence-corrected chi connectivity index (χ0v) is 20.3. The summed E-state index contributed by atoms with van der Waals surface area (Å²) < 4.78 is 13.7. The van der Waals surface area contributed by atoms with Crippen LogP contribution in [0.2, 0.25) is 0 Å². The molecule has 1 saturated heterocycles. The van der Waals surface area contributed by atoms with Crippen molar-refractivity contribution in [2.75, 3.05) is 7.05 Å². The minimum Gasteiger partial charge on any atom is -0.353 e. The Morgan fingerprint density at radius 3 is 2.51 bits per heavy atom. The summed E-state index contributed by atoms with van der Waals surface area (Å²) in [4.78, 5) is 12.9. The van der Waals surface area contributed by atoms with Crippen LogP contribution in [-0.4, -0.2) is 25.0 Å². The minimum absolute atomic E-state index is 0.000500. The molecule has 2 aromatic carbocycles. The molecule has 0 aromatic heterocycles. The number of carbonyl (C=O) groups is 1. The summed E-state index contributed by atoms with van der Waals surface area (Å²) in [5, 5.41) is 6.72. The molecule has 0 spiro atoms. The van der Waals surface area contributed by atoms with Crippen molar-refractivity contribution in [1.82, 2.24) is 10.6 Å². The van der Waals surface area contributed by atoms with Gasteiger partial charge in [0.25, 0.3) is 0 Å². The first-order valence-corrected chi connectivity index (χ1v) is 12.2. The molecule has 3 nitrogen and oxygen atoms in total. The van der Waals surface area contributed by atoms with Gasteiger partial charge in [-0.05, 0) is 60.7 Å². The molecule has 1 aliphatic heterocycles. The number of piperidine rings is 1. The van der Waals surface area contributed by atoms with Gasteiger partial charge in [-0.15, -0.1) is 0 Å². The van der Waals surface area contributed by atoms with E-state index < -0.39 is 0 Å². The lowest BCUT2D eigenvalue weighted by Gasteiger charge is -2.42. The van der Waals surface area contributed by atoms with E-state index in [2.05, 4.69) is 47.9 Å². The van der Waals surface area contributed by atoms with Gasteiger partial charge in [0.1, 0.15) is 5.82 Å². The van der Waals surface area contributed by atoms with Crippen LogP contribution in [0.15, 0.2) is 108 Å². The normalized spacial score (nSPS) is 27.5. The number of hydrogen-bond acceptors (Lipinski definition) is 2. The van der Waals surface area contributed by atoms with E-state index >= 15 is 0 Å². The topological polar surface area (TPSA) is 41.1 Å². The standard InChI is InChI=1S/C31H33FN2O/c1-22(33-2)31-28(25-15-17-27(32)18-16-25)21-30(35)34-29(31)20-26(19-23-11-7-6-8-12-23)24-13-9-4-3-5-10-14-24/h3-19,22,28-29,31,33H,20-21H2,1-2H3,(H,34,35)/b4-3+,5-3?,9-4?,10-5-,13-9-,14-10?,24-13?,24-14-,26-19+/t22?,28-,29?,31?/m1/s1. The number of allylic oxidation sites excluding steroid dienone is 8. The van der Waals surface area contributed by atoms with Gasteiger partial charge in [-0.2, -0.15) is 0 Å². The van der Waals surface area contributed by atoms with Crippen LogP contribution in [0.1, 0.15) is 36.8 Å². The fourth-order valence-electron chi connectivity index (χ4n) is 5.13. The van der Waals surface area contributed by atoms with Crippen molar-refractivity contribution in [2.24, 2.45) is 5.92 Å². The van der Waals surface area contributed by atoms with Gasteiger partial charge in [0.2, 0.25) is 5.91 Å². The zero-order valence-electron chi connectivity index (χ0n) is 20.3. The Balaban J connectivity index is 1.73. The van der Waals surface area contributed by atoms with E-state index in [-0.39, 0.29) is 35.6 Å². The molecule has 35 heavy (non-hydrogen) atoms. The molecule has 0 bridgehead atoms. The Morgan fingerprint density at radius 2 is 1.77 bits per heavy atom. The van der Waals surface area contributed by atoms with Crippen molar-refractivity contribution in [1.29, 1.82) is 0 Å². The smallest absolute Gasteiger partial charge is 0.220 e. The number of nitrogens with one attached hydrogen (secondary N) is 2. The van der Waals surface area contributed by atoms with Crippen molar-refractivity contribution < 1.29 is 9.18 Å². The van der Waals surface area contributed by atoms with Gasteiger partial charge in [-0.25, -0.2) is 4.39 Å². The highest BCUT2D eigenvalue weighted by atomic mass is 19.1. The van der Waals surface area contributed by atoms with Crippen molar-refractivity contribution in [3.8, 4) is 0 Å². The van der Waals surface area contributed by atoms with Crippen molar-refractivity contribution in [3.05, 3.63) is 125 Å². The van der Waals surface area contributed by atoms with Gasteiger partial charge >= 0.3 is 0 Å². The summed E-state index contributed by atoms with van der Waals surface area (Å²) >= 11 is 0. The monoisotopic (exact) mass is 468 g/mol. The molecule has 2 aliphatic rings. The third-order valence-electron chi connectivity index (χ3n) is 6.96. The highest BCUT2D eigenvalue weighted by molar-refractivity contribution is 5.79. The second-order valence-corrected chi connectivity index (χ2v) is 9.23. The average Bonchev–Trinajstić information content (AvgIpc) is 2.84. The fraction of sp³-hybridized carbons (Fsp3) is 0.258. The molecule has 2 N–H and O–H groups in total. The third kappa shape index (κ3) is 6.34. The lowest BCUT2D eigenvalue weighted by Crippen LogP contribution is -2.54. The first-order valence-electron chi connectivity index (χ1n) is 12.2. The largest absolute Gasteiger partial charge is 0.353 e. The molecule has 1 fully saturated rings. The summed E-state index contributed by atoms with van der Waals surface area (Å²) in [6.07, 6.45) is 17.7. The highest BCUT2D eigenvalue weighted by Crippen LogP contribution is 2.39. The molecule has 3 unspecified atom stereocenters. The molecular formula is C31H33FN2O. The summed E-state index contributed by atoms with van der Waals surface area (Å²) in [5.74, 6) is -0.0923. The van der Waals surface area contributed by atoms with Gasteiger partial charge in [0.05, 0.1) is 0 Å². The molecule has 1 aliphatic carbocycles. The van der Waals surface area contributed by atoms with Crippen LogP contribution in [0.3, 0.4) is 0 Å².